The molecule has 2 rings (SSSR count). The monoisotopic (exact) mass is 188 g/mol. The first-order chi connectivity index (χ1) is 5.27. The summed E-state index contributed by atoms with van der Waals surface area (Å²) in [6, 6.07) is 0. The topological polar surface area (TPSA) is 0 Å². The second-order valence-electron chi connectivity index (χ2n) is 3.69. The molecule has 0 N–H and O–H groups in total. The Morgan fingerprint density at radius 1 is 0.909 bits per heavy atom. The van der Waals surface area contributed by atoms with Crippen LogP contribution in [0.1, 0.15) is 33.1 Å². The predicted octanol–water partition coefficient (Wildman–Crippen LogP) is 3.16. The first-order valence-corrected chi connectivity index (χ1v) is 6.47. The van der Waals surface area contributed by atoms with Gasteiger partial charge in [-0.05, 0) is 12.8 Å². The molecule has 11 heavy (non-hydrogen) atoms. The maximum Gasteiger partial charge on any atom is 0.0167 e. The van der Waals surface area contributed by atoms with E-state index < -0.39 is 0 Å². The molecule has 0 amide bonds. The van der Waals surface area contributed by atoms with E-state index in [0.29, 0.717) is 0 Å². The van der Waals surface area contributed by atoms with Crippen LogP contribution in [0.4, 0.5) is 0 Å². The summed E-state index contributed by atoms with van der Waals surface area (Å²) < 4.78 is 0. The van der Waals surface area contributed by atoms with Gasteiger partial charge in [0.25, 0.3) is 0 Å². The quantitative estimate of drug-likeness (QED) is 0.622. The van der Waals surface area contributed by atoms with Crippen LogP contribution in [0, 0.1) is 0 Å². The van der Waals surface area contributed by atoms with Gasteiger partial charge in [0.2, 0.25) is 0 Å². The van der Waals surface area contributed by atoms with Crippen molar-refractivity contribution in [3.8, 4) is 0 Å². The molecule has 2 aliphatic heterocycles. The lowest BCUT2D eigenvalue weighted by Gasteiger charge is -1.94. The van der Waals surface area contributed by atoms with Crippen LogP contribution < -0.4 is 0 Å². The Morgan fingerprint density at radius 2 is 1.27 bits per heavy atom. The highest BCUT2D eigenvalue weighted by Gasteiger charge is 2.36. The van der Waals surface area contributed by atoms with Gasteiger partial charge in [0, 0.05) is 21.0 Å². The summed E-state index contributed by atoms with van der Waals surface area (Å²) in [7, 11) is 0. The van der Waals surface area contributed by atoms with Crippen LogP contribution in [-0.4, -0.2) is 21.0 Å². The minimum Gasteiger partial charge on any atom is -0.153 e. The molecule has 2 aliphatic rings. The lowest BCUT2D eigenvalue weighted by Crippen LogP contribution is -1.93. The van der Waals surface area contributed by atoms with Gasteiger partial charge in [-0.1, -0.05) is 20.3 Å². The zero-order chi connectivity index (χ0) is 7.84. The summed E-state index contributed by atoms with van der Waals surface area (Å²) in [5.41, 5.74) is 0. The van der Waals surface area contributed by atoms with Crippen LogP contribution >= 0.6 is 23.5 Å². The zero-order valence-corrected chi connectivity index (χ0v) is 8.88. The molecule has 2 heteroatoms. The minimum atomic E-state index is 0.985. The molecule has 0 aliphatic carbocycles. The third-order valence-corrected chi connectivity index (χ3v) is 5.52. The number of hydrogen-bond acceptors (Lipinski definition) is 2. The van der Waals surface area contributed by atoms with Gasteiger partial charge in [-0.3, -0.25) is 0 Å². The fourth-order valence-electron chi connectivity index (χ4n) is 1.59. The van der Waals surface area contributed by atoms with E-state index in [1.54, 1.807) is 0 Å². The maximum atomic E-state index is 2.35. The third kappa shape index (κ3) is 2.32. The molecule has 0 aromatic heterocycles. The van der Waals surface area contributed by atoms with E-state index >= 15 is 0 Å². The number of thioether (sulfide) groups is 2. The van der Waals surface area contributed by atoms with Crippen molar-refractivity contribution >= 4 is 23.5 Å². The smallest absolute Gasteiger partial charge is 0.0167 e. The fraction of sp³-hybridized carbons (Fsp3) is 1.00. The Hall–Kier alpha value is 0.700. The summed E-state index contributed by atoms with van der Waals surface area (Å²) in [5.74, 6) is 0. The van der Waals surface area contributed by atoms with Gasteiger partial charge in [-0.15, -0.1) is 0 Å². The maximum absolute atomic E-state index is 2.35. The van der Waals surface area contributed by atoms with Crippen LogP contribution in [0.5, 0.6) is 0 Å². The fourth-order valence-corrected chi connectivity index (χ4v) is 3.39. The molecular formula is C9H16S2. The molecule has 0 nitrogen and oxygen atoms in total. The average Bonchev–Trinajstić information content (AvgIpc) is 2.79. The van der Waals surface area contributed by atoms with Crippen LogP contribution in [0.2, 0.25) is 0 Å². The van der Waals surface area contributed by atoms with Gasteiger partial charge < -0.3 is 0 Å². The predicted molar refractivity (Wildman–Crippen MR) is 55.5 cm³/mol. The summed E-state index contributed by atoms with van der Waals surface area (Å²) in [6.45, 7) is 4.70. The molecule has 2 heterocycles. The van der Waals surface area contributed by atoms with Crippen molar-refractivity contribution < 1.29 is 0 Å². The summed E-state index contributed by atoms with van der Waals surface area (Å²) in [6.07, 6.45) is 4.44. The van der Waals surface area contributed by atoms with Crippen LogP contribution in [-0.2, 0) is 0 Å². The molecule has 0 aromatic rings. The Kier molecular flexibility index (Phi) is 2.43. The van der Waals surface area contributed by atoms with Crippen molar-refractivity contribution in [2.45, 2.75) is 54.1 Å². The Labute approximate surface area is 77.9 Å². The van der Waals surface area contributed by atoms with Crippen molar-refractivity contribution in [1.29, 1.82) is 0 Å². The molecule has 0 radical (unpaired) electrons. The Bertz CT molecular complexity index is 130. The molecule has 0 saturated carbocycles. The van der Waals surface area contributed by atoms with E-state index in [2.05, 4.69) is 37.4 Å². The van der Waals surface area contributed by atoms with Gasteiger partial charge in [-0.2, -0.15) is 23.5 Å². The van der Waals surface area contributed by atoms with E-state index in [-0.39, 0.29) is 0 Å². The Morgan fingerprint density at radius 3 is 1.55 bits per heavy atom. The second kappa shape index (κ2) is 3.21. The first-order valence-electron chi connectivity index (χ1n) is 4.58. The van der Waals surface area contributed by atoms with Crippen LogP contribution in [0.3, 0.4) is 0 Å². The van der Waals surface area contributed by atoms with Gasteiger partial charge in [0.15, 0.2) is 0 Å². The summed E-state index contributed by atoms with van der Waals surface area (Å²) in [4.78, 5) is 0. The largest absolute Gasteiger partial charge is 0.153 e. The molecule has 2 saturated heterocycles. The van der Waals surface area contributed by atoms with Crippen molar-refractivity contribution in [2.24, 2.45) is 0 Å². The highest BCUT2D eigenvalue weighted by Crippen LogP contribution is 2.47. The molecule has 4 atom stereocenters. The summed E-state index contributed by atoms with van der Waals surface area (Å²) in [5, 5.41) is 4.04. The third-order valence-electron chi connectivity index (χ3n) is 2.65. The van der Waals surface area contributed by atoms with Crippen molar-refractivity contribution in [3.05, 3.63) is 0 Å². The zero-order valence-electron chi connectivity index (χ0n) is 7.25. The van der Waals surface area contributed by atoms with Crippen molar-refractivity contribution in [1.82, 2.24) is 0 Å². The first kappa shape index (κ1) is 8.31. The lowest BCUT2D eigenvalue weighted by atomic mass is 10.1. The van der Waals surface area contributed by atoms with Crippen molar-refractivity contribution in [2.75, 3.05) is 0 Å². The van der Waals surface area contributed by atoms with Gasteiger partial charge >= 0.3 is 0 Å². The van der Waals surface area contributed by atoms with E-state index in [9.17, 15) is 0 Å². The van der Waals surface area contributed by atoms with E-state index in [4.69, 9.17) is 0 Å². The van der Waals surface area contributed by atoms with Gasteiger partial charge in [0.1, 0.15) is 0 Å². The van der Waals surface area contributed by atoms with Crippen LogP contribution in [0.25, 0.3) is 0 Å². The highest BCUT2D eigenvalue weighted by atomic mass is 32.2. The SMILES string of the molecule is CC1SC1CCCC1SC1C. The average molecular weight is 188 g/mol. The van der Waals surface area contributed by atoms with Crippen LogP contribution in [0.15, 0.2) is 0 Å². The van der Waals surface area contributed by atoms with Gasteiger partial charge in [0.05, 0.1) is 0 Å². The second-order valence-corrected chi connectivity index (χ2v) is 6.93. The molecule has 0 bridgehead atoms. The van der Waals surface area contributed by atoms with E-state index in [1.165, 1.54) is 19.3 Å². The molecule has 64 valence electrons. The lowest BCUT2D eigenvalue weighted by molar-refractivity contribution is 0.679. The molecule has 0 aromatic carbocycles. The number of hydrogen-bond donors (Lipinski definition) is 0. The summed E-state index contributed by atoms with van der Waals surface area (Å²) >= 11 is 4.32. The normalized spacial score (nSPS) is 47.5. The van der Waals surface area contributed by atoms with E-state index in [0.717, 1.165) is 21.0 Å². The molecule has 2 fully saturated rings. The minimum absolute atomic E-state index is 0.985. The Balaban J connectivity index is 1.48. The van der Waals surface area contributed by atoms with E-state index in [1.807, 2.05) is 0 Å². The number of rotatable bonds is 4. The standard InChI is InChI=1S/C9H16S2/c1-6-8(10-6)4-3-5-9-7(2)11-9/h6-9H,3-5H2,1-2H3. The molecule has 0 spiro atoms. The molecular weight excluding hydrogens is 172 g/mol. The highest BCUT2D eigenvalue weighted by molar-refractivity contribution is 8.07. The van der Waals surface area contributed by atoms with Gasteiger partial charge in [-0.25, -0.2) is 0 Å². The molecule has 4 unspecified atom stereocenters. The van der Waals surface area contributed by atoms with Crippen molar-refractivity contribution in [3.63, 3.8) is 0 Å².